The number of hydrogen-bond acceptors (Lipinski definition) is 6. The van der Waals surface area contributed by atoms with Crippen LogP contribution in [0.5, 0.6) is 0 Å². The normalized spacial score (nSPS) is 10.8. The SMILES string of the molecule is CCc1ncnc(-c2ccc(C(=O)N(C)CCO)c(F)c2)c1-c1ccc(N)nc1. The Hall–Kier alpha value is -3.39. The summed E-state index contributed by atoms with van der Waals surface area (Å²) in [5.41, 5.74) is 9.01. The zero-order valence-corrected chi connectivity index (χ0v) is 16.3. The third kappa shape index (κ3) is 4.22. The van der Waals surface area contributed by atoms with Crippen LogP contribution in [-0.4, -0.2) is 51.1 Å². The predicted octanol–water partition coefficient (Wildman–Crippen LogP) is 2.55. The highest BCUT2D eigenvalue weighted by Gasteiger charge is 2.19. The van der Waals surface area contributed by atoms with Crippen molar-refractivity contribution in [3.05, 3.63) is 59.9 Å². The number of aryl methyl sites for hydroxylation is 1. The van der Waals surface area contributed by atoms with Gasteiger partial charge in [-0.2, -0.15) is 0 Å². The van der Waals surface area contributed by atoms with E-state index in [2.05, 4.69) is 15.0 Å². The second-order valence-corrected chi connectivity index (χ2v) is 6.51. The van der Waals surface area contributed by atoms with Crippen molar-refractivity contribution < 1.29 is 14.3 Å². The third-order valence-electron chi connectivity index (χ3n) is 4.59. The van der Waals surface area contributed by atoms with Crippen LogP contribution in [0.2, 0.25) is 0 Å². The van der Waals surface area contributed by atoms with Crippen molar-refractivity contribution in [3.8, 4) is 22.4 Å². The molecule has 0 saturated heterocycles. The Morgan fingerprint density at radius 3 is 2.55 bits per heavy atom. The number of carbonyl (C=O) groups is 1. The average Bonchev–Trinajstić information content (AvgIpc) is 2.73. The molecule has 7 nitrogen and oxygen atoms in total. The molecule has 8 heteroatoms. The lowest BCUT2D eigenvalue weighted by Gasteiger charge is -2.17. The maximum absolute atomic E-state index is 14.8. The first-order valence-corrected chi connectivity index (χ1v) is 9.18. The fourth-order valence-electron chi connectivity index (χ4n) is 3.06. The van der Waals surface area contributed by atoms with Crippen LogP contribution in [0.25, 0.3) is 22.4 Å². The quantitative estimate of drug-likeness (QED) is 0.665. The van der Waals surface area contributed by atoms with E-state index in [0.717, 1.165) is 16.8 Å². The number of aliphatic hydroxyl groups is 1. The Kier molecular flexibility index (Phi) is 6.13. The van der Waals surface area contributed by atoms with Gasteiger partial charge in [-0.05, 0) is 30.7 Å². The molecule has 2 heterocycles. The Bertz CT molecular complexity index is 1020. The largest absolute Gasteiger partial charge is 0.395 e. The number of aromatic nitrogens is 3. The Balaban J connectivity index is 2.08. The maximum atomic E-state index is 14.8. The van der Waals surface area contributed by atoms with Crippen molar-refractivity contribution in [2.75, 3.05) is 25.9 Å². The van der Waals surface area contributed by atoms with Gasteiger partial charge >= 0.3 is 0 Å². The summed E-state index contributed by atoms with van der Waals surface area (Å²) in [6.45, 7) is 1.90. The Labute approximate surface area is 168 Å². The third-order valence-corrected chi connectivity index (χ3v) is 4.59. The van der Waals surface area contributed by atoms with Crippen LogP contribution >= 0.6 is 0 Å². The number of rotatable bonds is 6. The summed E-state index contributed by atoms with van der Waals surface area (Å²) >= 11 is 0. The number of pyridine rings is 1. The van der Waals surface area contributed by atoms with E-state index in [1.807, 2.05) is 13.0 Å². The lowest BCUT2D eigenvalue weighted by Crippen LogP contribution is -2.30. The minimum atomic E-state index is -0.657. The van der Waals surface area contributed by atoms with Crippen LogP contribution < -0.4 is 5.73 Å². The van der Waals surface area contributed by atoms with Crippen LogP contribution in [0.3, 0.4) is 0 Å². The number of nitrogen functional groups attached to an aromatic ring is 1. The van der Waals surface area contributed by atoms with Gasteiger partial charge in [0.15, 0.2) is 0 Å². The van der Waals surface area contributed by atoms with Gasteiger partial charge in [-0.1, -0.05) is 13.0 Å². The summed E-state index contributed by atoms with van der Waals surface area (Å²) in [7, 11) is 1.51. The van der Waals surface area contributed by atoms with Gasteiger partial charge in [-0.25, -0.2) is 19.3 Å². The molecule has 3 aromatic rings. The van der Waals surface area contributed by atoms with E-state index in [1.165, 1.54) is 30.4 Å². The highest BCUT2D eigenvalue weighted by molar-refractivity contribution is 5.95. The van der Waals surface area contributed by atoms with Crippen molar-refractivity contribution in [2.45, 2.75) is 13.3 Å². The molecular formula is C21H22FN5O2. The van der Waals surface area contributed by atoms with Crippen molar-refractivity contribution in [3.63, 3.8) is 0 Å². The van der Waals surface area contributed by atoms with Crippen LogP contribution in [0.15, 0.2) is 42.9 Å². The summed E-state index contributed by atoms with van der Waals surface area (Å²) < 4.78 is 14.8. The number of anilines is 1. The number of benzene rings is 1. The standard InChI is InChI=1S/C21H22FN5O2/c1-3-17-19(14-5-7-18(23)24-11-14)20(26-12-25-17)13-4-6-15(16(22)10-13)21(29)27(2)8-9-28/h4-7,10-12,28H,3,8-9H2,1-2H3,(H2,23,24). The van der Waals surface area contributed by atoms with Crippen molar-refractivity contribution in [1.29, 1.82) is 0 Å². The lowest BCUT2D eigenvalue weighted by atomic mass is 9.97. The molecule has 1 aromatic carbocycles. The Morgan fingerprint density at radius 1 is 1.17 bits per heavy atom. The molecule has 0 aliphatic rings. The van der Waals surface area contributed by atoms with Gasteiger partial charge in [-0.3, -0.25) is 4.79 Å². The lowest BCUT2D eigenvalue weighted by molar-refractivity contribution is 0.0762. The molecule has 0 bridgehead atoms. The minimum Gasteiger partial charge on any atom is -0.395 e. The van der Waals surface area contributed by atoms with E-state index in [-0.39, 0.29) is 18.7 Å². The zero-order valence-electron chi connectivity index (χ0n) is 16.3. The van der Waals surface area contributed by atoms with Crippen LogP contribution in [-0.2, 0) is 6.42 Å². The molecule has 150 valence electrons. The molecule has 0 aliphatic carbocycles. The Morgan fingerprint density at radius 2 is 1.93 bits per heavy atom. The van der Waals surface area contributed by atoms with Gasteiger partial charge in [-0.15, -0.1) is 0 Å². The monoisotopic (exact) mass is 395 g/mol. The number of nitrogens with zero attached hydrogens (tertiary/aromatic N) is 4. The van der Waals surface area contributed by atoms with Gasteiger partial charge in [0.05, 0.1) is 23.6 Å². The van der Waals surface area contributed by atoms with E-state index in [0.29, 0.717) is 23.5 Å². The fourth-order valence-corrected chi connectivity index (χ4v) is 3.06. The average molecular weight is 395 g/mol. The molecular weight excluding hydrogens is 373 g/mol. The number of likely N-dealkylation sites (N-methyl/N-ethyl adjacent to an activating group) is 1. The molecule has 0 saturated carbocycles. The second kappa shape index (κ2) is 8.74. The van der Waals surface area contributed by atoms with Crippen LogP contribution in [0.4, 0.5) is 10.2 Å². The summed E-state index contributed by atoms with van der Waals surface area (Å²) in [6.07, 6.45) is 3.73. The highest BCUT2D eigenvalue weighted by Crippen LogP contribution is 2.33. The highest BCUT2D eigenvalue weighted by atomic mass is 19.1. The zero-order chi connectivity index (χ0) is 21.0. The predicted molar refractivity (Wildman–Crippen MR) is 108 cm³/mol. The number of nitrogens with two attached hydrogens (primary N) is 1. The van der Waals surface area contributed by atoms with E-state index < -0.39 is 11.7 Å². The molecule has 0 spiro atoms. The first-order chi connectivity index (χ1) is 14.0. The fraction of sp³-hybridized carbons (Fsp3) is 0.238. The van der Waals surface area contributed by atoms with Gasteiger partial charge in [0.2, 0.25) is 0 Å². The van der Waals surface area contributed by atoms with Crippen molar-refractivity contribution in [2.24, 2.45) is 0 Å². The van der Waals surface area contributed by atoms with Gasteiger partial charge in [0.1, 0.15) is 18.0 Å². The number of hydrogen-bond donors (Lipinski definition) is 2. The number of amides is 1. The van der Waals surface area contributed by atoms with Gasteiger partial charge < -0.3 is 15.7 Å². The summed E-state index contributed by atoms with van der Waals surface area (Å²) in [4.78, 5) is 26.5. The van der Waals surface area contributed by atoms with E-state index in [9.17, 15) is 9.18 Å². The summed E-state index contributed by atoms with van der Waals surface area (Å²) in [5.74, 6) is -0.760. The molecule has 2 aromatic heterocycles. The number of carbonyl (C=O) groups excluding carboxylic acids is 1. The van der Waals surface area contributed by atoms with Gasteiger partial charge in [0, 0.05) is 36.5 Å². The van der Waals surface area contributed by atoms with Crippen molar-refractivity contribution >= 4 is 11.7 Å². The minimum absolute atomic E-state index is 0.0647. The number of aliphatic hydroxyl groups excluding tert-OH is 1. The van der Waals surface area contributed by atoms with E-state index in [1.54, 1.807) is 18.3 Å². The first-order valence-electron chi connectivity index (χ1n) is 9.18. The smallest absolute Gasteiger partial charge is 0.256 e. The van der Waals surface area contributed by atoms with E-state index >= 15 is 0 Å². The molecule has 1 amide bonds. The van der Waals surface area contributed by atoms with Crippen molar-refractivity contribution in [1.82, 2.24) is 19.9 Å². The molecule has 0 unspecified atom stereocenters. The van der Waals surface area contributed by atoms with Crippen LogP contribution in [0, 0.1) is 5.82 Å². The van der Waals surface area contributed by atoms with E-state index in [4.69, 9.17) is 10.8 Å². The summed E-state index contributed by atoms with van der Waals surface area (Å²) in [6, 6.07) is 7.88. The molecule has 0 aliphatic heterocycles. The number of halogens is 1. The first kappa shape index (κ1) is 20.3. The topological polar surface area (TPSA) is 105 Å². The molecule has 29 heavy (non-hydrogen) atoms. The molecule has 3 rings (SSSR count). The summed E-state index contributed by atoms with van der Waals surface area (Å²) in [5, 5.41) is 8.99. The molecule has 0 atom stereocenters. The van der Waals surface area contributed by atoms with Crippen LogP contribution in [0.1, 0.15) is 23.0 Å². The molecule has 0 radical (unpaired) electrons. The second-order valence-electron chi connectivity index (χ2n) is 6.51. The molecule has 3 N–H and O–H groups in total. The molecule has 0 fully saturated rings. The maximum Gasteiger partial charge on any atom is 0.256 e. The van der Waals surface area contributed by atoms with Gasteiger partial charge in [0.25, 0.3) is 5.91 Å².